The molecule has 4 nitrogen and oxygen atoms in total. The van der Waals surface area contributed by atoms with Gasteiger partial charge in [0.2, 0.25) is 5.95 Å². The Balaban J connectivity index is 2.15. The molecule has 0 bridgehead atoms. The van der Waals surface area contributed by atoms with Crippen LogP contribution in [-0.2, 0) is 0 Å². The minimum absolute atomic E-state index is 0.648. The Morgan fingerprint density at radius 1 is 1.20 bits per heavy atom. The van der Waals surface area contributed by atoms with E-state index in [0.717, 1.165) is 21.7 Å². The minimum Gasteiger partial charge on any atom is -0.357 e. The molecule has 0 saturated heterocycles. The van der Waals surface area contributed by atoms with Gasteiger partial charge >= 0.3 is 0 Å². The topological polar surface area (TPSA) is 41.1 Å². The number of nitrogens with one attached hydrogen (secondary N) is 1. The van der Waals surface area contributed by atoms with Gasteiger partial charge in [-0.05, 0) is 36.1 Å². The first-order valence-electron chi connectivity index (χ1n) is 6.42. The second kappa shape index (κ2) is 5.09. The number of benzene rings is 1. The van der Waals surface area contributed by atoms with Crippen LogP contribution in [0.3, 0.4) is 0 Å². The lowest BCUT2D eigenvalue weighted by Gasteiger charge is -2.20. The second-order valence-corrected chi connectivity index (χ2v) is 5.55. The summed E-state index contributed by atoms with van der Waals surface area (Å²) in [5.41, 5.74) is 2.36. The van der Waals surface area contributed by atoms with Gasteiger partial charge in [-0.15, -0.1) is 11.3 Å². The number of aromatic nitrogens is 2. The highest BCUT2D eigenvalue weighted by atomic mass is 32.1. The Hall–Kier alpha value is -2.14. The number of hydrogen-bond donors (Lipinski definition) is 1. The minimum atomic E-state index is 0.648. The van der Waals surface area contributed by atoms with Crippen LogP contribution in [0, 0.1) is 6.92 Å². The lowest BCUT2D eigenvalue weighted by atomic mass is 10.2. The van der Waals surface area contributed by atoms with Crippen molar-refractivity contribution in [2.24, 2.45) is 0 Å². The van der Waals surface area contributed by atoms with E-state index in [-0.39, 0.29) is 0 Å². The van der Waals surface area contributed by atoms with Crippen molar-refractivity contribution >= 4 is 39.0 Å². The van der Waals surface area contributed by atoms with Crippen molar-refractivity contribution in [2.75, 3.05) is 24.3 Å². The molecule has 1 N–H and O–H groups in total. The second-order valence-electron chi connectivity index (χ2n) is 4.66. The third kappa shape index (κ3) is 2.20. The van der Waals surface area contributed by atoms with Gasteiger partial charge in [0.25, 0.3) is 0 Å². The van der Waals surface area contributed by atoms with E-state index in [1.165, 1.54) is 5.56 Å². The van der Waals surface area contributed by atoms with Crippen LogP contribution < -0.4 is 10.2 Å². The molecule has 2 heterocycles. The fraction of sp³-hybridized carbons (Fsp3) is 0.200. The molecule has 0 amide bonds. The van der Waals surface area contributed by atoms with Crippen molar-refractivity contribution in [2.45, 2.75) is 6.92 Å². The molecule has 0 aliphatic carbocycles. The first-order valence-corrected chi connectivity index (χ1v) is 7.30. The highest BCUT2D eigenvalue weighted by Gasteiger charge is 2.13. The van der Waals surface area contributed by atoms with Crippen LogP contribution in [0.4, 0.5) is 17.5 Å². The molecule has 0 aliphatic rings. The molecule has 0 fully saturated rings. The van der Waals surface area contributed by atoms with Crippen LogP contribution in [0.5, 0.6) is 0 Å². The summed E-state index contributed by atoms with van der Waals surface area (Å²) in [6, 6.07) is 10.5. The fourth-order valence-electron chi connectivity index (χ4n) is 2.17. The summed E-state index contributed by atoms with van der Waals surface area (Å²) in [7, 11) is 3.87. The molecular weight excluding hydrogens is 268 g/mol. The van der Waals surface area contributed by atoms with Crippen LogP contribution in [0.1, 0.15) is 5.56 Å². The van der Waals surface area contributed by atoms with Crippen molar-refractivity contribution in [1.82, 2.24) is 9.97 Å². The lowest BCUT2D eigenvalue weighted by Crippen LogP contribution is -2.13. The first-order chi connectivity index (χ1) is 9.69. The number of rotatable bonds is 3. The number of nitrogens with zero attached hydrogens (tertiary/aromatic N) is 3. The highest BCUT2D eigenvalue weighted by Crippen LogP contribution is 2.32. The predicted octanol–water partition coefficient (Wildman–Crippen LogP) is 3.81. The van der Waals surface area contributed by atoms with Gasteiger partial charge in [0.15, 0.2) is 0 Å². The van der Waals surface area contributed by atoms with Gasteiger partial charge in [0.1, 0.15) is 10.6 Å². The maximum absolute atomic E-state index is 4.61. The van der Waals surface area contributed by atoms with Gasteiger partial charge in [0, 0.05) is 19.8 Å². The summed E-state index contributed by atoms with van der Waals surface area (Å²) in [4.78, 5) is 12.2. The van der Waals surface area contributed by atoms with Crippen molar-refractivity contribution < 1.29 is 0 Å². The van der Waals surface area contributed by atoms with Crippen LogP contribution in [0.25, 0.3) is 10.2 Å². The molecule has 0 saturated carbocycles. The van der Waals surface area contributed by atoms with Crippen LogP contribution in [-0.4, -0.2) is 24.1 Å². The zero-order valence-electron chi connectivity index (χ0n) is 11.7. The van der Waals surface area contributed by atoms with E-state index < -0.39 is 0 Å². The molecule has 2 aromatic heterocycles. The monoisotopic (exact) mass is 284 g/mol. The van der Waals surface area contributed by atoms with Crippen molar-refractivity contribution in [3.05, 3.63) is 41.3 Å². The third-order valence-electron chi connectivity index (χ3n) is 3.24. The average Bonchev–Trinajstić information content (AvgIpc) is 2.93. The Labute approximate surface area is 122 Å². The zero-order valence-corrected chi connectivity index (χ0v) is 12.5. The van der Waals surface area contributed by atoms with Crippen molar-refractivity contribution in [1.29, 1.82) is 0 Å². The molecule has 0 spiro atoms. The maximum atomic E-state index is 4.61. The largest absolute Gasteiger partial charge is 0.357 e. The molecular formula is C15H16N4S. The zero-order chi connectivity index (χ0) is 14.1. The lowest BCUT2D eigenvalue weighted by molar-refractivity contribution is 1.11. The maximum Gasteiger partial charge on any atom is 0.225 e. The molecule has 102 valence electrons. The fourth-order valence-corrected chi connectivity index (χ4v) is 2.92. The van der Waals surface area contributed by atoms with E-state index in [9.17, 15) is 0 Å². The SMILES string of the molecule is CNc1nc(N(C)c2cccc(C)c2)c2ccsc2n1. The molecule has 3 rings (SSSR count). The van der Waals surface area contributed by atoms with E-state index in [0.29, 0.717) is 5.95 Å². The van der Waals surface area contributed by atoms with Gasteiger partial charge in [0.05, 0.1) is 5.39 Å². The summed E-state index contributed by atoms with van der Waals surface area (Å²) >= 11 is 1.63. The Kier molecular flexibility index (Phi) is 3.28. The third-order valence-corrected chi connectivity index (χ3v) is 4.04. The van der Waals surface area contributed by atoms with Crippen LogP contribution in [0.15, 0.2) is 35.7 Å². The van der Waals surface area contributed by atoms with Crippen molar-refractivity contribution in [3.8, 4) is 0 Å². The molecule has 0 aliphatic heterocycles. The van der Waals surface area contributed by atoms with Crippen LogP contribution >= 0.6 is 11.3 Å². The van der Waals surface area contributed by atoms with E-state index in [1.807, 2.05) is 19.5 Å². The summed E-state index contributed by atoms with van der Waals surface area (Å²) in [5, 5.41) is 6.15. The van der Waals surface area contributed by atoms with Gasteiger partial charge in [-0.25, -0.2) is 4.98 Å². The molecule has 0 unspecified atom stereocenters. The van der Waals surface area contributed by atoms with Crippen molar-refractivity contribution in [3.63, 3.8) is 0 Å². The number of thiophene rings is 1. The van der Waals surface area contributed by atoms with Gasteiger partial charge < -0.3 is 10.2 Å². The van der Waals surface area contributed by atoms with E-state index in [2.05, 4.69) is 57.4 Å². The molecule has 1 aromatic carbocycles. The van der Waals surface area contributed by atoms with E-state index in [1.54, 1.807) is 11.3 Å². The molecule has 0 radical (unpaired) electrons. The Morgan fingerprint density at radius 3 is 2.80 bits per heavy atom. The first kappa shape index (κ1) is 12.9. The highest BCUT2D eigenvalue weighted by molar-refractivity contribution is 7.16. The predicted molar refractivity (Wildman–Crippen MR) is 86.2 cm³/mol. The summed E-state index contributed by atoms with van der Waals surface area (Å²) in [6.07, 6.45) is 0. The summed E-state index contributed by atoms with van der Waals surface area (Å²) in [5.74, 6) is 1.57. The Morgan fingerprint density at radius 2 is 2.05 bits per heavy atom. The average molecular weight is 284 g/mol. The smallest absolute Gasteiger partial charge is 0.225 e. The van der Waals surface area contributed by atoms with Gasteiger partial charge in [-0.1, -0.05) is 12.1 Å². The van der Waals surface area contributed by atoms with Crippen LogP contribution in [0.2, 0.25) is 0 Å². The molecule has 5 heteroatoms. The normalized spacial score (nSPS) is 10.8. The number of fused-ring (bicyclic) bond motifs is 1. The van der Waals surface area contributed by atoms with Gasteiger partial charge in [-0.3, -0.25) is 0 Å². The molecule has 20 heavy (non-hydrogen) atoms. The summed E-state index contributed by atoms with van der Waals surface area (Å²) < 4.78 is 0. The summed E-state index contributed by atoms with van der Waals surface area (Å²) in [6.45, 7) is 2.09. The van der Waals surface area contributed by atoms with Gasteiger partial charge in [-0.2, -0.15) is 4.98 Å². The number of hydrogen-bond acceptors (Lipinski definition) is 5. The molecule has 0 atom stereocenters. The molecule has 3 aromatic rings. The van der Waals surface area contributed by atoms with E-state index >= 15 is 0 Å². The standard InChI is InChI=1S/C15H16N4S/c1-10-5-4-6-11(9-10)19(3)13-12-7-8-20-14(12)18-15(16-2)17-13/h4-9H,1-3H3,(H,16,17,18). The number of aryl methyl sites for hydroxylation is 1. The van der Waals surface area contributed by atoms with E-state index in [4.69, 9.17) is 0 Å². The Bertz CT molecular complexity index is 750. The number of anilines is 3. The quantitative estimate of drug-likeness (QED) is 0.794.